The lowest BCUT2D eigenvalue weighted by molar-refractivity contribution is -0.121. The molecule has 2 aromatic rings. The smallest absolute Gasteiger partial charge is 0.224 e. The summed E-state index contributed by atoms with van der Waals surface area (Å²) in [6, 6.07) is 12.4. The summed E-state index contributed by atoms with van der Waals surface area (Å²) in [7, 11) is 2.19. The molecule has 1 amide bonds. The summed E-state index contributed by atoms with van der Waals surface area (Å²) in [5.74, 6) is 1.18. The van der Waals surface area contributed by atoms with E-state index in [4.69, 9.17) is 16.6 Å². The van der Waals surface area contributed by atoms with Gasteiger partial charge < -0.3 is 15.5 Å². The molecule has 5 nitrogen and oxygen atoms in total. The predicted molar refractivity (Wildman–Crippen MR) is 121 cm³/mol. The van der Waals surface area contributed by atoms with E-state index in [1.807, 2.05) is 18.2 Å². The fourth-order valence-electron chi connectivity index (χ4n) is 4.94. The van der Waals surface area contributed by atoms with Crippen LogP contribution in [0.5, 0.6) is 0 Å². The molecule has 1 spiro atoms. The first-order valence-corrected chi connectivity index (χ1v) is 11.0. The van der Waals surface area contributed by atoms with Gasteiger partial charge in [0.2, 0.25) is 5.91 Å². The molecule has 0 radical (unpaired) electrons. The van der Waals surface area contributed by atoms with Gasteiger partial charge >= 0.3 is 0 Å². The minimum absolute atomic E-state index is 0.0459. The topological polar surface area (TPSA) is 56.7 Å². The van der Waals surface area contributed by atoms with E-state index < -0.39 is 0 Å². The van der Waals surface area contributed by atoms with Crippen LogP contribution >= 0.6 is 11.6 Å². The van der Waals surface area contributed by atoms with Gasteiger partial charge in [-0.2, -0.15) is 0 Å². The number of aliphatic imine (C=N–C) groups is 1. The van der Waals surface area contributed by atoms with Crippen LogP contribution in [-0.2, 0) is 30.7 Å². The zero-order valence-corrected chi connectivity index (χ0v) is 18.1. The number of likely N-dealkylation sites (tertiary alicyclic amines) is 1. The molecular formula is C24H27ClN4O. The molecule has 0 aromatic heterocycles. The lowest BCUT2D eigenvalue weighted by atomic mass is 9.70. The summed E-state index contributed by atoms with van der Waals surface area (Å²) in [5, 5.41) is 7.41. The SMILES string of the molecule is CN1CCC2(CC1)Cc1cc3c(cc1NC2=NCc1cccc(Cl)c1)CC(=O)NC3. The Kier molecular flexibility index (Phi) is 5.03. The number of nitrogens with one attached hydrogen (secondary N) is 2. The van der Waals surface area contributed by atoms with Crippen molar-refractivity contribution in [3.63, 3.8) is 0 Å². The number of fused-ring (bicyclic) bond motifs is 2. The van der Waals surface area contributed by atoms with Gasteiger partial charge in [-0.05, 0) is 79.9 Å². The minimum atomic E-state index is 0.0459. The van der Waals surface area contributed by atoms with Crippen LogP contribution in [-0.4, -0.2) is 36.8 Å². The fraction of sp³-hybridized carbons (Fsp3) is 0.417. The number of piperidine rings is 1. The molecule has 6 heteroatoms. The highest BCUT2D eigenvalue weighted by atomic mass is 35.5. The molecule has 1 saturated heterocycles. The molecule has 0 unspecified atom stereocenters. The first kappa shape index (κ1) is 19.6. The molecule has 2 aromatic carbocycles. The van der Waals surface area contributed by atoms with Crippen molar-refractivity contribution in [2.45, 2.75) is 38.8 Å². The van der Waals surface area contributed by atoms with Gasteiger partial charge in [0.25, 0.3) is 0 Å². The highest BCUT2D eigenvalue weighted by molar-refractivity contribution is 6.30. The van der Waals surface area contributed by atoms with Crippen molar-refractivity contribution < 1.29 is 4.79 Å². The summed E-state index contributed by atoms with van der Waals surface area (Å²) in [5.41, 5.74) is 5.99. The molecule has 0 aliphatic carbocycles. The largest absolute Gasteiger partial charge is 0.352 e. The number of benzene rings is 2. The van der Waals surface area contributed by atoms with Crippen molar-refractivity contribution in [2.24, 2.45) is 10.4 Å². The predicted octanol–water partition coefficient (Wildman–Crippen LogP) is 3.79. The second kappa shape index (κ2) is 7.71. The van der Waals surface area contributed by atoms with Gasteiger partial charge in [0.05, 0.1) is 13.0 Å². The Bertz CT molecular complexity index is 1020. The van der Waals surface area contributed by atoms with Crippen molar-refractivity contribution in [1.29, 1.82) is 0 Å². The van der Waals surface area contributed by atoms with Crippen molar-refractivity contribution in [3.05, 3.63) is 63.7 Å². The number of carbonyl (C=O) groups excluding carboxylic acids is 1. The Morgan fingerprint density at radius 2 is 1.97 bits per heavy atom. The van der Waals surface area contributed by atoms with Crippen molar-refractivity contribution in [2.75, 3.05) is 25.5 Å². The zero-order chi connectivity index (χ0) is 20.7. The molecule has 3 heterocycles. The van der Waals surface area contributed by atoms with Crippen LogP contribution in [0.4, 0.5) is 5.69 Å². The Labute approximate surface area is 182 Å². The number of amidine groups is 1. The number of hydrogen-bond donors (Lipinski definition) is 2. The van der Waals surface area contributed by atoms with E-state index in [-0.39, 0.29) is 11.3 Å². The number of nitrogens with zero attached hydrogens (tertiary/aromatic N) is 2. The van der Waals surface area contributed by atoms with Crippen molar-refractivity contribution >= 4 is 29.0 Å². The van der Waals surface area contributed by atoms with Gasteiger partial charge in [0.1, 0.15) is 5.84 Å². The molecule has 3 aliphatic heterocycles. The van der Waals surface area contributed by atoms with Crippen LogP contribution in [0.15, 0.2) is 41.4 Å². The lowest BCUT2D eigenvalue weighted by Gasteiger charge is -2.45. The highest BCUT2D eigenvalue weighted by Crippen LogP contribution is 2.43. The highest BCUT2D eigenvalue weighted by Gasteiger charge is 2.42. The second-order valence-corrected chi connectivity index (χ2v) is 9.35. The van der Waals surface area contributed by atoms with E-state index in [9.17, 15) is 4.79 Å². The first-order valence-electron chi connectivity index (χ1n) is 10.7. The maximum Gasteiger partial charge on any atom is 0.224 e. The average molecular weight is 423 g/mol. The molecule has 5 rings (SSSR count). The zero-order valence-electron chi connectivity index (χ0n) is 17.3. The molecule has 0 bridgehead atoms. The van der Waals surface area contributed by atoms with Crippen LogP contribution in [0.3, 0.4) is 0 Å². The minimum Gasteiger partial charge on any atom is -0.352 e. The van der Waals surface area contributed by atoms with Gasteiger partial charge in [-0.1, -0.05) is 29.8 Å². The average Bonchev–Trinajstić information content (AvgIpc) is 2.73. The summed E-state index contributed by atoms with van der Waals surface area (Å²) in [6.07, 6.45) is 3.64. The number of carbonyl (C=O) groups is 1. The lowest BCUT2D eigenvalue weighted by Crippen LogP contribution is -2.49. The van der Waals surface area contributed by atoms with E-state index in [0.717, 1.165) is 60.0 Å². The molecule has 1 fully saturated rings. The third-order valence-electron chi connectivity index (χ3n) is 6.79. The van der Waals surface area contributed by atoms with E-state index in [0.29, 0.717) is 19.5 Å². The third kappa shape index (κ3) is 3.72. The van der Waals surface area contributed by atoms with Crippen molar-refractivity contribution in [3.8, 4) is 0 Å². The standard InChI is InChI=1S/C24H27ClN4O/c1-29-7-5-24(6-8-29)13-18-10-19-15-26-22(30)12-17(19)11-21(18)28-23(24)27-14-16-3-2-4-20(25)9-16/h2-4,9-11H,5-8,12-15H2,1H3,(H,26,30)(H,27,28). The Morgan fingerprint density at radius 1 is 1.13 bits per heavy atom. The molecule has 0 saturated carbocycles. The number of anilines is 1. The van der Waals surface area contributed by atoms with Gasteiger partial charge in [-0.15, -0.1) is 0 Å². The second-order valence-electron chi connectivity index (χ2n) is 8.91. The summed E-state index contributed by atoms with van der Waals surface area (Å²) < 4.78 is 0. The molecule has 30 heavy (non-hydrogen) atoms. The normalized spacial score (nSPS) is 21.7. The van der Waals surface area contributed by atoms with Gasteiger partial charge in [-0.25, -0.2) is 0 Å². The van der Waals surface area contributed by atoms with E-state index in [1.165, 1.54) is 11.1 Å². The first-order chi connectivity index (χ1) is 14.5. The Balaban J connectivity index is 1.50. The molecular weight excluding hydrogens is 396 g/mol. The van der Waals surface area contributed by atoms with Crippen LogP contribution < -0.4 is 10.6 Å². The van der Waals surface area contributed by atoms with E-state index >= 15 is 0 Å². The van der Waals surface area contributed by atoms with E-state index in [2.05, 4.69) is 40.8 Å². The van der Waals surface area contributed by atoms with Gasteiger partial charge in [0.15, 0.2) is 0 Å². The van der Waals surface area contributed by atoms with E-state index in [1.54, 1.807) is 0 Å². The summed E-state index contributed by atoms with van der Waals surface area (Å²) >= 11 is 6.17. The Morgan fingerprint density at radius 3 is 2.77 bits per heavy atom. The fourth-order valence-corrected chi connectivity index (χ4v) is 5.16. The Hall–Kier alpha value is -2.37. The maximum absolute atomic E-state index is 11.8. The molecule has 2 N–H and O–H groups in total. The van der Waals surface area contributed by atoms with Crippen LogP contribution in [0.1, 0.15) is 35.1 Å². The van der Waals surface area contributed by atoms with Gasteiger partial charge in [-0.3, -0.25) is 9.79 Å². The summed E-state index contributed by atoms with van der Waals surface area (Å²) in [4.78, 5) is 19.3. The molecule has 3 aliphatic rings. The maximum atomic E-state index is 11.8. The van der Waals surface area contributed by atoms with Crippen LogP contribution in [0, 0.1) is 5.41 Å². The number of amides is 1. The molecule has 156 valence electrons. The van der Waals surface area contributed by atoms with Gasteiger partial charge in [0, 0.05) is 22.7 Å². The number of halogens is 1. The van der Waals surface area contributed by atoms with Crippen molar-refractivity contribution in [1.82, 2.24) is 10.2 Å². The summed E-state index contributed by atoms with van der Waals surface area (Å²) in [6.45, 7) is 3.40. The number of hydrogen-bond acceptors (Lipinski definition) is 3. The van der Waals surface area contributed by atoms with Crippen LogP contribution in [0.2, 0.25) is 5.02 Å². The molecule has 0 atom stereocenters. The monoisotopic (exact) mass is 422 g/mol. The third-order valence-corrected chi connectivity index (χ3v) is 7.02. The number of rotatable bonds is 2. The van der Waals surface area contributed by atoms with Crippen LogP contribution in [0.25, 0.3) is 0 Å². The quantitative estimate of drug-likeness (QED) is 0.774.